The fourth-order valence-electron chi connectivity index (χ4n) is 3.48. The molecule has 170 valence electrons. The van der Waals surface area contributed by atoms with Crippen molar-refractivity contribution >= 4 is 69.6 Å². The van der Waals surface area contributed by atoms with Crippen LogP contribution >= 0.6 is 69.6 Å². The predicted molar refractivity (Wildman–Crippen MR) is 133 cm³/mol. The van der Waals surface area contributed by atoms with E-state index in [-0.39, 0.29) is 0 Å². The molecule has 0 saturated carbocycles. The Hall–Kier alpha value is 1.74. The number of alkyl halides is 6. The molecular weight excluding hydrogens is 477 g/mol. The molecular formula is C22H40Cl6. The van der Waals surface area contributed by atoms with Crippen molar-refractivity contribution in [2.45, 2.75) is 136 Å². The minimum absolute atomic E-state index is 0.677. The Balaban J connectivity index is 3.07. The molecule has 0 unspecified atom stereocenters. The lowest BCUT2D eigenvalue weighted by Gasteiger charge is -2.09. The van der Waals surface area contributed by atoms with Crippen LogP contribution in [0, 0.1) is 0 Å². The first kappa shape index (κ1) is 29.7. The van der Waals surface area contributed by atoms with E-state index in [9.17, 15) is 0 Å². The molecule has 0 bridgehead atoms. The first-order valence-corrected chi connectivity index (χ1v) is 13.6. The summed E-state index contributed by atoms with van der Waals surface area (Å²) in [5.74, 6) is 0. The predicted octanol–water partition coefficient (Wildman–Crippen LogP) is 11.5. The summed E-state index contributed by atoms with van der Waals surface area (Å²) in [6.45, 7) is 0. The van der Waals surface area contributed by atoms with E-state index in [0.717, 1.165) is 12.8 Å². The summed E-state index contributed by atoms with van der Waals surface area (Å²) < 4.78 is -2.12. The Bertz CT molecular complexity index is 290. The van der Waals surface area contributed by atoms with Gasteiger partial charge in [0.25, 0.3) is 0 Å². The van der Waals surface area contributed by atoms with Gasteiger partial charge in [-0.05, 0) is 25.7 Å². The molecule has 0 radical (unpaired) electrons. The van der Waals surface area contributed by atoms with Crippen LogP contribution in [0.15, 0.2) is 0 Å². The molecule has 0 heterocycles. The summed E-state index contributed by atoms with van der Waals surface area (Å²) in [6, 6.07) is 0. The van der Waals surface area contributed by atoms with E-state index in [1.165, 1.54) is 103 Å². The normalized spacial score (nSPS) is 12.6. The van der Waals surface area contributed by atoms with Crippen LogP contribution in [-0.2, 0) is 0 Å². The van der Waals surface area contributed by atoms with Crippen LogP contribution in [0.2, 0.25) is 0 Å². The van der Waals surface area contributed by atoms with Crippen LogP contribution in [0.25, 0.3) is 0 Å². The number of rotatable bonds is 19. The highest BCUT2D eigenvalue weighted by Gasteiger charge is 2.18. The molecule has 0 aromatic rings. The van der Waals surface area contributed by atoms with Gasteiger partial charge in [-0.25, -0.2) is 0 Å². The van der Waals surface area contributed by atoms with Crippen LogP contribution < -0.4 is 0 Å². The molecule has 0 amide bonds. The minimum atomic E-state index is -1.06. The fraction of sp³-hybridized carbons (Fsp3) is 1.00. The monoisotopic (exact) mass is 514 g/mol. The maximum Gasteiger partial charge on any atom is 0.190 e. The van der Waals surface area contributed by atoms with E-state index in [2.05, 4.69) is 0 Å². The summed E-state index contributed by atoms with van der Waals surface area (Å²) >= 11 is 34.5. The van der Waals surface area contributed by atoms with Crippen LogP contribution in [0.3, 0.4) is 0 Å². The fourth-order valence-corrected chi connectivity index (χ4v) is 4.28. The van der Waals surface area contributed by atoms with Gasteiger partial charge in [0.2, 0.25) is 0 Å². The molecule has 0 aromatic heterocycles. The van der Waals surface area contributed by atoms with Crippen molar-refractivity contribution in [3.8, 4) is 0 Å². The van der Waals surface area contributed by atoms with Crippen molar-refractivity contribution in [1.82, 2.24) is 0 Å². The molecule has 0 N–H and O–H groups in total. The minimum Gasteiger partial charge on any atom is -0.0837 e. The number of unbranched alkanes of at least 4 members (excludes halogenated alkanes) is 17. The molecule has 0 aliphatic carbocycles. The van der Waals surface area contributed by atoms with Crippen molar-refractivity contribution in [3.63, 3.8) is 0 Å². The molecule has 0 aliphatic rings. The first-order chi connectivity index (χ1) is 13.2. The SMILES string of the molecule is ClC(Cl)(Cl)CCCCCCCCCCCCCCCCCCCCC(Cl)(Cl)Cl. The second-order valence-electron chi connectivity index (χ2n) is 8.09. The lowest BCUT2D eigenvalue weighted by molar-refractivity contribution is 0.521. The molecule has 0 aliphatic heterocycles. The lowest BCUT2D eigenvalue weighted by Crippen LogP contribution is -2.00. The van der Waals surface area contributed by atoms with Gasteiger partial charge in [0, 0.05) is 0 Å². The van der Waals surface area contributed by atoms with Gasteiger partial charge in [0.05, 0.1) is 0 Å². The number of hydrogen-bond donors (Lipinski definition) is 0. The summed E-state index contributed by atoms with van der Waals surface area (Å²) in [4.78, 5) is 0. The first-order valence-electron chi connectivity index (χ1n) is 11.3. The van der Waals surface area contributed by atoms with E-state index in [1.54, 1.807) is 0 Å². The topological polar surface area (TPSA) is 0 Å². The summed E-state index contributed by atoms with van der Waals surface area (Å²) in [6.07, 6.45) is 24.8. The third-order valence-corrected chi connectivity index (χ3v) is 6.30. The highest BCUT2D eigenvalue weighted by atomic mass is 35.6. The summed E-state index contributed by atoms with van der Waals surface area (Å²) in [5.41, 5.74) is 0. The third kappa shape index (κ3) is 27.7. The Morgan fingerprint density at radius 2 is 0.393 bits per heavy atom. The van der Waals surface area contributed by atoms with E-state index in [1.807, 2.05) is 0 Å². The molecule has 6 heteroatoms. The van der Waals surface area contributed by atoms with E-state index < -0.39 is 7.59 Å². The van der Waals surface area contributed by atoms with Crippen LogP contribution in [-0.4, -0.2) is 7.59 Å². The van der Waals surface area contributed by atoms with Crippen LogP contribution in [0.1, 0.15) is 128 Å². The maximum absolute atomic E-state index is 5.75. The van der Waals surface area contributed by atoms with Gasteiger partial charge < -0.3 is 0 Å². The van der Waals surface area contributed by atoms with Crippen molar-refractivity contribution in [1.29, 1.82) is 0 Å². The van der Waals surface area contributed by atoms with E-state index >= 15 is 0 Å². The molecule has 0 atom stereocenters. The van der Waals surface area contributed by atoms with Crippen molar-refractivity contribution in [2.24, 2.45) is 0 Å². The second-order valence-corrected chi connectivity index (χ2v) is 13.1. The number of halogens is 6. The summed E-state index contributed by atoms with van der Waals surface area (Å²) in [7, 11) is 0. The zero-order valence-corrected chi connectivity index (χ0v) is 21.9. The van der Waals surface area contributed by atoms with Crippen molar-refractivity contribution < 1.29 is 0 Å². The van der Waals surface area contributed by atoms with Crippen molar-refractivity contribution in [2.75, 3.05) is 0 Å². The largest absolute Gasteiger partial charge is 0.190 e. The highest BCUT2D eigenvalue weighted by molar-refractivity contribution is 6.67. The zero-order chi connectivity index (χ0) is 21.1. The van der Waals surface area contributed by atoms with Gasteiger partial charge in [-0.3, -0.25) is 0 Å². The maximum atomic E-state index is 5.75. The third-order valence-electron chi connectivity index (χ3n) is 5.17. The standard InChI is InChI=1S/C22H40Cl6/c23-21(24,25)19-17-15-13-11-9-7-5-3-1-2-4-6-8-10-12-14-16-18-20-22(26,27)28/h1-20H2. The average Bonchev–Trinajstić information content (AvgIpc) is 2.58. The Kier molecular flexibility index (Phi) is 20.6. The Morgan fingerprint density at radius 3 is 0.536 bits per heavy atom. The molecule has 0 aromatic carbocycles. The van der Waals surface area contributed by atoms with Crippen molar-refractivity contribution in [3.05, 3.63) is 0 Å². The van der Waals surface area contributed by atoms with Gasteiger partial charge in [-0.1, -0.05) is 172 Å². The highest BCUT2D eigenvalue weighted by Crippen LogP contribution is 2.33. The zero-order valence-electron chi connectivity index (χ0n) is 17.4. The molecule has 28 heavy (non-hydrogen) atoms. The Morgan fingerprint density at radius 1 is 0.250 bits per heavy atom. The average molecular weight is 517 g/mol. The van der Waals surface area contributed by atoms with E-state index in [4.69, 9.17) is 69.6 Å². The smallest absolute Gasteiger partial charge is 0.0837 e. The van der Waals surface area contributed by atoms with Gasteiger partial charge in [0.15, 0.2) is 7.59 Å². The van der Waals surface area contributed by atoms with Crippen LogP contribution in [0.5, 0.6) is 0 Å². The quantitative estimate of drug-likeness (QED) is 0.118. The second kappa shape index (κ2) is 19.4. The lowest BCUT2D eigenvalue weighted by atomic mass is 10.0. The van der Waals surface area contributed by atoms with Gasteiger partial charge in [0.1, 0.15) is 0 Å². The molecule has 0 saturated heterocycles. The molecule has 0 nitrogen and oxygen atoms in total. The Labute approximate surface area is 204 Å². The summed E-state index contributed by atoms with van der Waals surface area (Å²) in [5, 5.41) is 0. The van der Waals surface area contributed by atoms with Crippen LogP contribution in [0.4, 0.5) is 0 Å². The molecule has 0 fully saturated rings. The van der Waals surface area contributed by atoms with Gasteiger partial charge in [-0.15, -0.1) is 0 Å². The van der Waals surface area contributed by atoms with Gasteiger partial charge >= 0.3 is 0 Å². The molecule has 0 rings (SSSR count). The number of hydrogen-bond acceptors (Lipinski definition) is 0. The van der Waals surface area contributed by atoms with Gasteiger partial charge in [-0.2, -0.15) is 0 Å². The van der Waals surface area contributed by atoms with E-state index in [0.29, 0.717) is 12.8 Å². The molecule has 0 spiro atoms.